The Morgan fingerprint density at radius 2 is 2.04 bits per heavy atom. The van der Waals surface area contributed by atoms with Crippen LogP contribution in [0.2, 0.25) is 0 Å². The highest BCUT2D eigenvalue weighted by molar-refractivity contribution is 5.79. The summed E-state index contributed by atoms with van der Waals surface area (Å²) in [7, 11) is 0. The van der Waals surface area contributed by atoms with Gasteiger partial charge in [-0.05, 0) is 31.7 Å². The largest absolute Gasteiger partial charge is 0.370 e. The molecule has 3 rings (SSSR count). The molecular weight excluding hydrogens is 300 g/mol. The molecule has 5 nitrogen and oxygen atoms in total. The molecule has 1 amide bonds. The Morgan fingerprint density at radius 3 is 2.79 bits per heavy atom. The number of carbonyl (C=O) groups excluding carboxylic acids is 1. The molecule has 24 heavy (non-hydrogen) atoms. The van der Waals surface area contributed by atoms with Crippen LogP contribution in [0.5, 0.6) is 0 Å². The number of aromatic nitrogens is 2. The highest BCUT2D eigenvalue weighted by atomic mass is 16.2. The fraction of sp³-hybridized carbons (Fsp3) is 0.421. The lowest BCUT2D eigenvalue weighted by Crippen LogP contribution is -2.31. The lowest BCUT2D eigenvalue weighted by atomic mass is 10.1. The molecule has 1 atom stereocenters. The highest BCUT2D eigenvalue weighted by Gasteiger charge is 2.26. The van der Waals surface area contributed by atoms with Gasteiger partial charge in [0, 0.05) is 31.4 Å². The van der Waals surface area contributed by atoms with E-state index in [2.05, 4.69) is 15.3 Å². The number of anilines is 1. The fourth-order valence-electron chi connectivity index (χ4n) is 3.16. The molecule has 0 bridgehead atoms. The molecule has 1 aliphatic heterocycles. The van der Waals surface area contributed by atoms with Crippen molar-refractivity contribution in [1.82, 2.24) is 14.9 Å². The van der Waals surface area contributed by atoms with Crippen LogP contribution in [-0.4, -0.2) is 40.4 Å². The van der Waals surface area contributed by atoms with Crippen molar-refractivity contribution in [2.75, 3.05) is 25.0 Å². The van der Waals surface area contributed by atoms with Crippen LogP contribution < -0.4 is 5.32 Å². The highest BCUT2D eigenvalue weighted by Crippen LogP contribution is 2.18. The first-order valence-corrected chi connectivity index (χ1v) is 8.48. The maximum Gasteiger partial charge on any atom is 0.226 e. The lowest BCUT2D eigenvalue weighted by Gasteiger charge is -2.17. The van der Waals surface area contributed by atoms with Gasteiger partial charge in [-0.3, -0.25) is 4.79 Å². The number of hydrogen-bond donors (Lipinski definition) is 1. The van der Waals surface area contributed by atoms with E-state index in [0.29, 0.717) is 12.3 Å². The van der Waals surface area contributed by atoms with Gasteiger partial charge in [0.25, 0.3) is 0 Å². The van der Waals surface area contributed by atoms with E-state index < -0.39 is 0 Å². The molecule has 0 saturated carbocycles. The summed E-state index contributed by atoms with van der Waals surface area (Å²) in [6.07, 6.45) is 1.53. The van der Waals surface area contributed by atoms with Crippen molar-refractivity contribution in [2.24, 2.45) is 5.92 Å². The number of benzene rings is 1. The van der Waals surface area contributed by atoms with Crippen molar-refractivity contribution in [2.45, 2.75) is 26.7 Å². The number of nitrogens with zero attached hydrogens (tertiary/aromatic N) is 3. The van der Waals surface area contributed by atoms with Crippen LogP contribution in [0.4, 0.5) is 5.82 Å². The van der Waals surface area contributed by atoms with Crippen LogP contribution in [0.25, 0.3) is 0 Å². The summed E-state index contributed by atoms with van der Waals surface area (Å²) in [6, 6.07) is 11.9. The number of aryl methyl sites for hydroxylation is 2. The summed E-state index contributed by atoms with van der Waals surface area (Å²) < 4.78 is 0. The minimum Gasteiger partial charge on any atom is -0.370 e. The van der Waals surface area contributed by atoms with Crippen LogP contribution in [0.1, 0.15) is 23.5 Å². The van der Waals surface area contributed by atoms with E-state index in [1.165, 1.54) is 0 Å². The first-order valence-electron chi connectivity index (χ1n) is 8.48. The van der Waals surface area contributed by atoms with Gasteiger partial charge in [-0.2, -0.15) is 0 Å². The summed E-state index contributed by atoms with van der Waals surface area (Å²) in [5.74, 6) is 2.34. The Labute approximate surface area is 143 Å². The normalized spacial score (nSPS) is 17.1. The van der Waals surface area contributed by atoms with Crippen LogP contribution >= 0.6 is 0 Å². The smallest absolute Gasteiger partial charge is 0.226 e. The van der Waals surface area contributed by atoms with Crippen molar-refractivity contribution < 1.29 is 4.79 Å². The predicted molar refractivity (Wildman–Crippen MR) is 94.8 cm³/mol. The summed E-state index contributed by atoms with van der Waals surface area (Å²) in [5, 5.41) is 3.39. The van der Waals surface area contributed by atoms with Gasteiger partial charge in [0.15, 0.2) is 0 Å². The van der Waals surface area contributed by atoms with Gasteiger partial charge in [-0.25, -0.2) is 9.97 Å². The number of amides is 1. The molecule has 1 aromatic heterocycles. The van der Waals surface area contributed by atoms with Crippen molar-refractivity contribution in [3.05, 3.63) is 53.5 Å². The van der Waals surface area contributed by atoms with Gasteiger partial charge in [0.05, 0.1) is 6.42 Å². The molecule has 1 aliphatic rings. The number of hydrogen-bond acceptors (Lipinski definition) is 4. The van der Waals surface area contributed by atoms with Gasteiger partial charge in [0.2, 0.25) is 5.91 Å². The van der Waals surface area contributed by atoms with Crippen molar-refractivity contribution >= 4 is 11.7 Å². The second kappa shape index (κ2) is 7.43. The monoisotopic (exact) mass is 324 g/mol. The molecular formula is C19H24N4O. The number of rotatable bonds is 5. The van der Waals surface area contributed by atoms with Gasteiger partial charge in [-0.15, -0.1) is 0 Å². The van der Waals surface area contributed by atoms with E-state index in [0.717, 1.165) is 49.0 Å². The third-order valence-electron chi connectivity index (χ3n) is 4.37. The zero-order valence-electron chi connectivity index (χ0n) is 14.3. The second-order valence-electron chi connectivity index (χ2n) is 6.48. The third-order valence-corrected chi connectivity index (χ3v) is 4.37. The average molecular weight is 324 g/mol. The van der Waals surface area contributed by atoms with E-state index in [4.69, 9.17) is 0 Å². The summed E-state index contributed by atoms with van der Waals surface area (Å²) >= 11 is 0. The number of likely N-dealkylation sites (tertiary alicyclic amines) is 1. The van der Waals surface area contributed by atoms with E-state index in [1.807, 2.05) is 55.1 Å². The van der Waals surface area contributed by atoms with Crippen molar-refractivity contribution in [1.29, 1.82) is 0 Å². The molecule has 0 radical (unpaired) electrons. The maximum atomic E-state index is 12.4. The van der Waals surface area contributed by atoms with Gasteiger partial charge in [-0.1, -0.05) is 30.3 Å². The van der Waals surface area contributed by atoms with Crippen LogP contribution in [0.15, 0.2) is 36.4 Å². The van der Waals surface area contributed by atoms with Crippen molar-refractivity contribution in [3.8, 4) is 0 Å². The molecule has 1 fully saturated rings. The topological polar surface area (TPSA) is 58.1 Å². The van der Waals surface area contributed by atoms with Crippen molar-refractivity contribution in [3.63, 3.8) is 0 Å². The molecule has 5 heteroatoms. The Hall–Kier alpha value is -2.43. The second-order valence-corrected chi connectivity index (χ2v) is 6.48. The Morgan fingerprint density at radius 1 is 1.25 bits per heavy atom. The minimum absolute atomic E-state index is 0.220. The zero-order chi connectivity index (χ0) is 16.9. The zero-order valence-corrected chi connectivity index (χ0v) is 14.3. The number of carbonyl (C=O) groups is 1. The van der Waals surface area contributed by atoms with E-state index in [9.17, 15) is 4.79 Å². The molecule has 2 aromatic rings. The molecule has 1 saturated heterocycles. The van der Waals surface area contributed by atoms with Crippen LogP contribution in [0, 0.1) is 19.8 Å². The Bertz CT molecular complexity index is 682. The Balaban J connectivity index is 1.49. The van der Waals surface area contributed by atoms with E-state index in [-0.39, 0.29) is 5.91 Å². The Kier molecular flexibility index (Phi) is 5.08. The predicted octanol–water partition coefficient (Wildman–Crippen LogP) is 2.60. The minimum atomic E-state index is 0.220. The first-order chi connectivity index (χ1) is 11.6. The van der Waals surface area contributed by atoms with Crippen LogP contribution in [-0.2, 0) is 11.2 Å². The molecule has 0 aliphatic carbocycles. The standard InChI is InChI=1S/C19H24N4O/c1-14-10-18(22-15(2)21-14)20-12-17-8-9-23(13-17)19(24)11-16-6-4-3-5-7-16/h3-7,10,17H,8-9,11-13H2,1-2H3,(H,20,21,22). The SMILES string of the molecule is Cc1cc(NCC2CCN(C(=O)Cc3ccccc3)C2)nc(C)n1. The van der Waals surface area contributed by atoms with E-state index in [1.54, 1.807) is 0 Å². The van der Waals surface area contributed by atoms with Gasteiger partial charge in [0.1, 0.15) is 11.6 Å². The van der Waals surface area contributed by atoms with Crippen LogP contribution in [0.3, 0.4) is 0 Å². The van der Waals surface area contributed by atoms with E-state index >= 15 is 0 Å². The third kappa shape index (κ3) is 4.31. The lowest BCUT2D eigenvalue weighted by molar-refractivity contribution is -0.129. The molecule has 1 N–H and O–H groups in total. The molecule has 0 spiro atoms. The summed E-state index contributed by atoms with van der Waals surface area (Å²) in [6.45, 7) is 6.38. The quantitative estimate of drug-likeness (QED) is 0.918. The van der Waals surface area contributed by atoms with Gasteiger partial charge < -0.3 is 10.2 Å². The number of nitrogens with one attached hydrogen (secondary N) is 1. The molecule has 1 aromatic carbocycles. The molecule has 126 valence electrons. The first kappa shape index (κ1) is 16.4. The average Bonchev–Trinajstić information content (AvgIpc) is 3.02. The fourth-order valence-corrected chi connectivity index (χ4v) is 3.16. The summed E-state index contributed by atoms with van der Waals surface area (Å²) in [4.78, 5) is 23.1. The molecule has 2 heterocycles. The molecule has 1 unspecified atom stereocenters. The maximum absolute atomic E-state index is 12.4. The van der Waals surface area contributed by atoms with Gasteiger partial charge >= 0.3 is 0 Å². The summed E-state index contributed by atoms with van der Waals surface area (Å²) in [5.41, 5.74) is 2.05.